The molecule has 0 aromatic rings. The Morgan fingerprint density at radius 1 is 1.47 bits per heavy atom. The van der Waals surface area contributed by atoms with E-state index in [9.17, 15) is 22.8 Å². The molecule has 0 aliphatic rings. The third-order valence-corrected chi connectivity index (χ3v) is 2.15. The molecule has 0 aromatic carbocycles. The average Bonchev–Trinajstić information content (AvgIpc) is 2.25. The molecule has 110 valence electrons. The lowest BCUT2D eigenvalue weighted by Crippen LogP contribution is -2.50. The quantitative estimate of drug-likeness (QED) is 0.702. The van der Waals surface area contributed by atoms with Crippen LogP contribution in [0.15, 0.2) is 12.7 Å². The van der Waals surface area contributed by atoms with Crippen LogP contribution >= 0.6 is 0 Å². The number of carboxylic acids is 1. The number of halogens is 3. The third-order valence-electron chi connectivity index (χ3n) is 2.15. The molecule has 1 atom stereocenters. The molecule has 19 heavy (non-hydrogen) atoms. The smallest absolute Gasteiger partial charge is 0.406 e. The Morgan fingerprint density at radius 2 is 2.05 bits per heavy atom. The van der Waals surface area contributed by atoms with Crippen molar-refractivity contribution in [3.8, 4) is 0 Å². The van der Waals surface area contributed by atoms with Gasteiger partial charge in [-0.3, -0.25) is 0 Å². The largest absolute Gasteiger partial charge is 0.480 e. The lowest BCUT2D eigenvalue weighted by molar-refractivity contribution is -0.141. The summed E-state index contributed by atoms with van der Waals surface area (Å²) in [5, 5.41) is 10.8. The Bertz CT molecular complexity index is 332. The highest BCUT2D eigenvalue weighted by molar-refractivity contribution is 5.82. The summed E-state index contributed by atoms with van der Waals surface area (Å²) >= 11 is 0. The first kappa shape index (κ1) is 17.3. The van der Waals surface area contributed by atoms with Gasteiger partial charge >= 0.3 is 18.2 Å². The lowest BCUT2D eigenvalue weighted by Gasteiger charge is -2.25. The lowest BCUT2D eigenvalue weighted by atomic mass is 10.2. The normalized spacial score (nSPS) is 12.6. The van der Waals surface area contributed by atoms with Gasteiger partial charge in [0.1, 0.15) is 12.6 Å². The molecule has 0 heterocycles. The second-order valence-corrected chi connectivity index (χ2v) is 3.90. The average molecular weight is 282 g/mol. The number of rotatable bonds is 7. The monoisotopic (exact) mass is 282 g/mol. The summed E-state index contributed by atoms with van der Waals surface area (Å²) in [4.78, 5) is 22.9. The number of aliphatic carboxylic acids is 1. The van der Waals surface area contributed by atoms with Crippen LogP contribution in [-0.4, -0.2) is 47.3 Å². The zero-order chi connectivity index (χ0) is 15.1. The zero-order valence-electron chi connectivity index (χ0n) is 10.5. The van der Waals surface area contributed by atoms with Gasteiger partial charge in [-0.25, -0.2) is 9.59 Å². The van der Waals surface area contributed by atoms with Gasteiger partial charge in [-0.05, 0) is 12.8 Å². The fourth-order valence-electron chi connectivity index (χ4n) is 1.37. The highest BCUT2D eigenvalue weighted by atomic mass is 19.4. The van der Waals surface area contributed by atoms with Crippen LogP contribution in [0.1, 0.15) is 19.8 Å². The second kappa shape index (κ2) is 7.65. The Hall–Kier alpha value is -1.73. The number of hydrogen-bond donors (Lipinski definition) is 2. The van der Waals surface area contributed by atoms with E-state index in [1.54, 1.807) is 6.92 Å². The van der Waals surface area contributed by atoms with Crippen molar-refractivity contribution in [2.24, 2.45) is 0 Å². The van der Waals surface area contributed by atoms with Crippen molar-refractivity contribution in [1.29, 1.82) is 0 Å². The minimum absolute atomic E-state index is 0.0624. The number of carbonyl (C=O) groups is 2. The summed E-state index contributed by atoms with van der Waals surface area (Å²) in [5.74, 6) is -1.32. The number of amides is 2. The number of carboxylic acid groups (broad SMARTS) is 1. The van der Waals surface area contributed by atoms with Crippen LogP contribution in [0.3, 0.4) is 0 Å². The van der Waals surface area contributed by atoms with Gasteiger partial charge < -0.3 is 15.3 Å². The molecule has 8 heteroatoms. The van der Waals surface area contributed by atoms with Crippen LogP contribution in [0.2, 0.25) is 0 Å². The van der Waals surface area contributed by atoms with Gasteiger partial charge in [0, 0.05) is 6.54 Å². The molecule has 0 aromatic heterocycles. The van der Waals surface area contributed by atoms with Gasteiger partial charge in [-0.2, -0.15) is 13.2 Å². The molecule has 0 saturated carbocycles. The number of alkyl halides is 3. The van der Waals surface area contributed by atoms with Crippen LogP contribution in [0, 0.1) is 0 Å². The van der Waals surface area contributed by atoms with Crippen molar-refractivity contribution in [3.05, 3.63) is 12.7 Å². The maximum absolute atomic E-state index is 12.3. The van der Waals surface area contributed by atoms with Crippen molar-refractivity contribution < 1.29 is 27.9 Å². The highest BCUT2D eigenvalue weighted by Gasteiger charge is 2.33. The Morgan fingerprint density at radius 3 is 2.42 bits per heavy atom. The van der Waals surface area contributed by atoms with Gasteiger partial charge in [0.15, 0.2) is 0 Å². The third kappa shape index (κ3) is 7.32. The fourth-order valence-corrected chi connectivity index (χ4v) is 1.37. The standard InChI is InChI=1S/C11H17F3N2O3/c1-3-5-8(9(17)18)15-10(19)16(6-4-2)7-11(12,13)14/h3,8H,1,4-7H2,2H3,(H,15,19)(H,17,18). The van der Waals surface area contributed by atoms with Gasteiger partial charge in [-0.1, -0.05) is 13.0 Å². The number of carbonyl (C=O) groups excluding carboxylic acids is 1. The molecule has 0 radical (unpaired) electrons. The Balaban J connectivity index is 4.70. The topological polar surface area (TPSA) is 69.6 Å². The Labute approximate surface area is 109 Å². The van der Waals surface area contributed by atoms with E-state index in [4.69, 9.17) is 5.11 Å². The molecule has 0 spiro atoms. The predicted molar refractivity (Wildman–Crippen MR) is 62.7 cm³/mol. The summed E-state index contributed by atoms with van der Waals surface area (Å²) < 4.78 is 36.8. The van der Waals surface area contributed by atoms with E-state index in [0.717, 1.165) is 0 Å². The van der Waals surface area contributed by atoms with Gasteiger partial charge in [0.2, 0.25) is 0 Å². The van der Waals surface area contributed by atoms with Crippen molar-refractivity contribution in [3.63, 3.8) is 0 Å². The van der Waals surface area contributed by atoms with Gasteiger partial charge in [0.25, 0.3) is 0 Å². The Kier molecular flexibility index (Phi) is 6.95. The first-order chi connectivity index (χ1) is 8.71. The van der Waals surface area contributed by atoms with Crippen molar-refractivity contribution in [1.82, 2.24) is 10.2 Å². The fraction of sp³-hybridized carbons (Fsp3) is 0.636. The van der Waals surface area contributed by atoms with Crippen LogP contribution < -0.4 is 5.32 Å². The first-order valence-electron chi connectivity index (χ1n) is 5.67. The van der Waals surface area contributed by atoms with Crippen LogP contribution in [0.5, 0.6) is 0 Å². The minimum Gasteiger partial charge on any atom is -0.480 e. The zero-order valence-corrected chi connectivity index (χ0v) is 10.5. The molecule has 2 amide bonds. The summed E-state index contributed by atoms with van der Waals surface area (Å²) in [5.41, 5.74) is 0. The summed E-state index contributed by atoms with van der Waals surface area (Å²) in [6.45, 7) is 3.43. The van der Waals surface area contributed by atoms with E-state index in [1.807, 2.05) is 5.32 Å². The molecular weight excluding hydrogens is 265 g/mol. The molecule has 5 nitrogen and oxygen atoms in total. The van der Waals surface area contributed by atoms with Gasteiger partial charge in [-0.15, -0.1) is 6.58 Å². The summed E-state index contributed by atoms with van der Waals surface area (Å²) in [6, 6.07) is -2.33. The van der Waals surface area contributed by atoms with E-state index in [1.165, 1.54) is 6.08 Å². The molecule has 0 rings (SSSR count). The SMILES string of the molecule is C=CCC(NC(=O)N(CCC)CC(F)(F)F)C(=O)O. The van der Waals surface area contributed by atoms with Crippen LogP contribution in [0.25, 0.3) is 0 Å². The van der Waals surface area contributed by atoms with E-state index < -0.39 is 30.8 Å². The predicted octanol–water partition coefficient (Wildman–Crippen LogP) is 2.00. The number of nitrogens with zero attached hydrogens (tertiary/aromatic N) is 1. The molecular formula is C11H17F3N2O3. The maximum atomic E-state index is 12.3. The molecule has 0 fully saturated rings. The molecule has 0 saturated heterocycles. The molecule has 2 N–H and O–H groups in total. The van der Waals surface area contributed by atoms with E-state index in [0.29, 0.717) is 11.3 Å². The summed E-state index contributed by atoms with van der Waals surface area (Å²) in [7, 11) is 0. The first-order valence-corrected chi connectivity index (χ1v) is 5.67. The number of hydrogen-bond acceptors (Lipinski definition) is 2. The molecule has 0 bridgehead atoms. The second-order valence-electron chi connectivity index (χ2n) is 3.90. The van der Waals surface area contributed by atoms with E-state index in [-0.39, 0.29) is 13.0 Å². The maximum Gasteiger partial charge on any atom is 0.406 e. The summed E-state index contributed by atoms with van der Waals surface area (Å²) in [6.07, 6.45) is -2.98. The van der Waals surface area contributed by atoms with E-state index >= 15 is 0 Å². The minimum atomic E-state index is -4.52. The molecule has 0 aliphatic heterocycles. The van der Waals surface area contributed by atoms with Crippen molar-refractivity contribution in [2.45, 2.75) is 32.0 Å². The van der Waals surface area contributed by atoms with Gasteiger partial charge in [0.05, 0.1) is 0 Å². The number of urea groups is 1. The number of nitrogens with one attached hydrogen (secondary N) is 1. The van der Waals surface area contributed by atoms with Crippen LogP contribution in [-0.2, 0) is 4.79 Å². The van der Waals surface area contributed by atoms with Crippen LogP contribution in [0.4, 0.5) is 18.0 Å². The highest BCUT2D eigenvalue weighted by Crippen LogP contribution is 2.16. The molecule has 1 unspecified atom stereocenters. The van der Waals surface area contributed by atoms with Crippen molar-refractivity contribution in [2.75, 3.05) is 13.1 Å². The molecule has 0 aliphatic carbocycles. The van der Waals surface area contributed by atoms with Crippen molar-refractivity contribution >= 4 is 12.0 Å². The van der Waals surface area contributed by atoms with E-state index in [2.05, 4.69) is 6.58 Å².